The van der Waals surface area contributed by atoms with Crippen LogP contribution in [-0.4, -0.2) is 65.6 Å². The lowest BCUT2D eigenvalue weighted by atomic mass is 9.99. The van der Waals surface area contributed by atoms with Crippen molar-refractivity contribution in [3.8, 4) is 28.3 Å². The van der Waals surface area contributed by atoms with E-state index in [1.165, 1.54) is 0 Å². The van der Waals surface area contributed by atoms with E-state index in [1.807, 2.05) is 42.5 Å². The average Bonchev–Trinajstić information content (AvgIpc) is 3.53. The maximum Gasteiger partial charge on any atom is 0.227 e. The van der Waals surface area contributed by atoms with Crippen LogP contribution >= 0.6 is 0 Å². The van der Waals surface area contributed by atoms with Crippen LogP contribution in [0.2, 0.25) is 0 Å². The van der Waals surface area contributed by atoms with E-state index in [0.29, 0.717) is 25.6 Å². The van der Waals surface area contributed by atoms with Gasteiger partial charge in [0, 0.05) is 38.3 Å². The molecule has 194 valence electrons. The van der Waals surface area contributed by atoms with Crippen molar-refractivity contribution in [2.24, 2.45) is 0 Å². The summed E-state index contributed by atoms with van der Waals surface area (Å²) in [6.45, 7) is 6.78. The van der Waals surface area contributed by atoms with Gasteiger partial charge >= 0.3 is 0 Å². The summed E-state index contributed by atoms with van der Waals surface area (Å²) >= 11 is 0. The van der Waals surface area contributed by atoms with Crippen molar-refractivity contribution in [3.63, 3.8) is 0 Å². The summed E-state index contributed by atoms with van der Waals surface area (Å²) in [4.78, 5) is 7.01. The van der Waals surface area contributed by atoms with Crippen LogP contribution in [0.1, 0.15) is 24.0 Å². The van der Waals surface area contributed by atoms with Crippen LogP contribution in [-0.2, 0) is 6.54 Å². The molecule has 7 heteroatoms. The Morgan fingerprint density at radius 1 is 1.11 bits per heavy atom. The maximum atomic E-state index is 9.69. The zero-order valence-corrected chi connectivity index (χ0v) is 21.3. The first-order chi connectivity index (χ1) is 18.1. The fraction of sp³-hybridized carbons (Fsp3) is 0.367. The molecule has 7 nitrogen and oxygen atoms in total. The van der Waals surface area contributed by atoms with Gasteiger partial charge in [-0.15, -0.1) is 0 Å². The molecule has 0 unspecified atom stereocenters. The third kappa shape index (κ3) is 6.19. The summed E-state index contributed by atoms with van der Waals surface area (Å²) < 4.78 is 12.3. The summed E-state index contributed by atoms with van der Waals surface area (Å²) in [7, 11) is 0. The summed E-state index contributed by atoms with van der Waals surface area (Å²) in [5.74, 6) is 1.49. The summed E-state index contributed by atoms with van der Waals surface area (Å²) in [5, 5.41) is 21.9. The number of ether oxygens (including phenoxy) is 1. The number of nitrogens with zero attached hydrogens (tertiary/aromatic N) is 2. The third-order valence-electron chi connectivity index (χ3n) is 6.90. The molecular formula is C30H35N3O4. The molecule has 0 aliphatic carbocycles. The van der Waals surface area contributed by atoms with Gasteiger partial charge in [-0.1, -0.05) is 30.3 Å². The maximum absolute atomic E-state index is 9.69. The van der Waals surface area contributed by atoms with Crippen molar-refractivity contribution in [3.05, 3.63) is 71.8 Å². The minimum Gasteiger partial charge on any atom is -0.493 e. The Labute approximate surface area is 217 Å². The number of fused-ring (bicyclic) bond motifs is 1. The van der Waals surface area contributed by atoms with Gasteiger partial charge in [-0.2, -0.15) is 0 Å². The van der Waals surface area contributed by atoms with Gasteiger partial charge in [0.15, 0.2) is 5.58 Å². The Balaban J connectivity index is 1.29. The molecule has 0 bridgehead atoms. The molecular weight excluding hydrogens is 466 g/mol. The highest BCUT2D eigenvalue weighted by Gasteiger charge is 2.19. The second-order valence-corrected chi connectivity index (χ2v) is 9.68. The number of β-amino-alcohol motifs (C(OH)–C–C–N with tert-alkyl or cyclic N) is 1. The molecule has 3 aromatic carbocycles. The molecule has 3 N–H and O–H groups in total. The Morgan fingerprint density at radius 3 is 2.84 bits per heavy atom. The van der Waals surface area contributed by atoms with Gasteiger partial charge in [0.25, 0.3) is 0 Å². The van der Waals surface area contributed by atoms with Crippen molar-refractivity contribution in [2.45, 2.75) is 32.4 Å². The number of rotatable bonds is 11. The van der Waals surface area contributed by atoms with Crippen LogP contribution in [0.15, 0.2) is 65.1 Å². The average molecular weight is 502 g/mol. The second kappa shape index (κ2) is 11.9. The number of nitrogens with one attached hydrogen (secondary N) is 1. The fourth-order valence-corrected chi connectivity index (χ4v) is 4.91. The van der Waals surface area contributed by atoms with E-state index < -0.39 is 0 Å². The van der Waals surface area contributed by atoms with E-state index in [9.17, 15) is 5.11 Å². The van der Waals surface area contributed by atoms with Crippen LogP contribution in [0, 0.1) is 6.92 Å². The highest BCUT2D eigenvalue weighted by Crippen LogP contribution is 2.33. The zero-order valence-electron chi connectivity index (χ0n) is 21.3. The zero-order chi connectivity index (χ0) is 25.6. The quantitative estimate of drug-likeness (QED) is 0.263. The molecule has 1 saturated heterocycles. The predicted molar refractivity (Wildman–Crippen MR) is 146 cm³/mol. The molecule has 1 aliphatic rings. The lowest BCUT2D eigenvalue weighted by Crippen LogP contribution is -2.24. The molecule has 1 atom stereocenters. The van der Waals surface area contributed by atoms with E-state index in [0.717, 1.165) is 77.1 Å². The first kappa shape index (κ1) is 25.4. The van der Waals surface area contributed by atoms with Crippen LogP contribution in [0.5, 0.6) is 5.75 Å². The molecule has 1 aliphatic heterocycles. The van der Waals surface area contributed by atoms with Gasteiger partial charge in [0.05, 0.1) is 19.3 Å². The molecule has 5 rings (SSSR count). The van der Waals surface area contributed by atoms with Crippen LogP contribution in [0.4, 0.5) is 0 Å². The minimum absolute atomic E-state index is 0.117. The number of hydrogen-bond acceptors (Lipinski definition) is 7. The van der Waals surface area contributed by atoms with Crippen molar-refractivity contribution in [2.75, 3.05) is 39.4 Å². The molecule has 0 saturated carbocycles. The molecule has 1 fully saturated rings. The number of aromatic nitrogens is 1. The van der Waals surface area contributed by atoms with Gasteiger partial charge in [0.2, 0.25) is 5.89 Å². The monoisotopic (exact) mass is 501 g/mol. The van der Waals surface area contributed by atoms with Crippen LogP contribution in [0.3, 0.4) is 0 Å². The van der Waals surface area contributed by atoms with E-state index >= 15 is 0 Å². The number of likely N-dealkylation sites (tertiary alicyclic amines) is 1. The summed E-state index contributed by atoms with van der Waals surface area (Å²) in [6.07, 6.45) is 1.62. The van der Waals surface area contributed by atoms with Crippen molar-refractivity contribution >= 4 is 11.1 Å². The Hall–Kier alpha value is -3.23. The van der Waals surface area contributed by atoms with E-state index in [2.05, 4.69) is 35.3 Å². The third-order valence-corrected chi connectivity index (χ3v) is 6.90. The molecule has 0 spiro atoms. The number of benzene rings is 3. The largest absolute Gasteiger partial charge is 0.493 e. The number of aliphatic hydroxyl groups excluding tert-OH is 2. The molecule has 0 amide bonds. The SMILES string of the molecule is Cc1c(OCCCN2CC[C@H](O)C2)cccc1-c1ccc2nc(-c3cccc(CNCCO)c3)oc2c1. The molecule has 4 aromatic rings. The normalized spacial score (nSPS) is 16.0. The van der Waals surface area contributed by atoms with Gasteiger partial charge in [-0.05, 0) is 72.4 Å². The van der Waals surface area contributed by atoms with E-state index in [-0.39, 0.29) is 12.7 Å². The van der Waals surface area contributed by atoms with Gasteiger partial charge in [-0.25, -0.2) is 4.98 Å². The lowest BCUT2D eigenvalue weighted by Gasteiger charge is -2.16. The lowest BCUT2D eigenvalue weighted by molar-refractivity contribution is 0.173. The smallest absolute Gasteiger partial charge is 0.227 e. The fourth-order valence-electron chi connectivity index (χ4n) is 4.91. The number of hydrogen-bond donors (Lipinski definition) is 3. The van der Waals surface area contributed by atoms with Gasteiger partial charge < -0.3 is 29.6 Å². The van der Waals surface area contributed by atoms with Crippen LogP contribution < -0.4 is 10.1 Å². The van der Waals surface area contributed by atoms with Crippen LogP contribution in [0.25, 0.3) is 33.7 Å². The Kier molecular flexibility index (Phi) is 8.16. The highest BCUT2D eigenvalue weighted by molar-refractivity contribution is 5.83. The number of aliphatic hydroxyl groups is 2. The van der Waals surface area contributed by atoms with Gasteiger partial charge in [0.1, 0.15) is 11.3 Å². The van der Waals surface area contributed by atoms with Gasteiger partial charge in [-0.3, -0.25) is 0 Å². The van der Waals surface area contributed by atoms with E-state index in [1.54, 1.807) is 0 Å². The molecule has 37 heavy (non-hydrogen) atoms. The topological polar surface area (TPSA) is 91.0 Å². The summed E-state index contributed by atoms with van der Waals surface area (Å²) in [5.41, 5.74) is 6.87. The number of oxazole rings is 1. The molecule has 2 heterocycles. The Morgan fingerprint density at radius 2 is 2.00 bits per heavy atom. The first-order valence-corrected chi connectivity index (χ1v) is 13.1. The minimum atomic E-state index is -0.178. The first-order valence-electron chi connectivity index (χ1n) is 13.1. The molecule has 0 radical (unpaired) electrons. The van der Waals surface area contributed by atoms with E-state index in [4.69, 9.17) is 19.2 Å². The predicted octanol–water partition coefficient (Wildman–Crippen LogP) is 4.39. The van der Waals surface area contributed by atoms with Crippen molar-refractivity contribution in [1.82, 2.24) is 15.2 Å². The summed E-state index contributed by atoms with van der Waals surface area (Å²) in [6, 6.07) is 20.4. The van der Waals surface area contributed by atoms with Crippen molar-refractivity contribution < 1.29 is 19.4 Å². The second-order valence-electron chi connectivity index (χ2n) is 9.68. The Bertz CT molecular complexity index is 1340. The van der Waals surface area contributed by atoms with Crippen molar-refractivity contribution in [1.29, 1.82) is 0 Å². The molecule has 1 aromatic heterocycles. The standard InChI is InChI=1S/C30H35N3O4/c1-21-26(7-3-8-28(21)36-16-4-13-33-14-11-25(35)20-33)23-9-10-27-29(18-23)37-30(32-27)24-6-2-5-22(17-24)19-31-12-15-34/h2-3,5-10,17-18,25,31,34-35H,4,11-16,19-20H2,1H3/t25-/m0/s1. The highest BCUT2D eigenvalue weighted by atomic mass is 16.5.